The van der Waals surface area contributed by atoms with Crippen LogP contribution in [0.25, 0.3) is 10.2 Å². The Labute approximate surface area is 230 Å². The van der Waals surface area contributed by atoms with Crippen LogP contribution in [-0.2, 0) is 10.0 Å². The Morgan fingerprint density at radius 3 is 2.27 bits per heavy atom. The van der Waals surface area contributed by atoms with E-state index >= 15 is 0 Å². The molecule has 0 bridgehead atoms. The first-order valence-electron chi connectivity index (χ1n) is 12.3. The van der Waals surface area contributed by atoms with Crippen molar-refractivity contribution in [1.29, 1.82) is 0 Å². The van der Waals surface area contributed by atoms with Gasteiger partial charge in [0.25, 0.3) is 5.91 Å². The first-order chi connectivity index (χ1) is 17.2. The molecule has 2 aromatic carbocycles. The second kappa shape index (κ2) is 14.1. The van der Waals surface area contributed by atoms with E-state index in [1.165, 1.54) is 27.8 Å². The molecule has 0 atom stereocenters. The number of amides is 1. The lowest BCUT2D eigenvalue weighted by molar-refractivity contribution is 0.0983. The fourth-order valence-electron chi connectivity index (χ4n) is 3.81. The summed E-state index contributed by atoms with van der Waals surface area (Å²) in [6.45, 7) is 9.60. The number of anilines is 1. The Bertz CT molecular complexity index is 1260. The van der Waals surface area contributed by atoms with Crippen LogP contribution in [0.3, 0.4) is 0 Å². The summed E-state index contributed by atoms with van der Waals surface area (Å²) in [5, 5.41) is 0.603. The van der Waals surface area contributed by atoms with E-state index in [4.69, 9.17) is 9.72 Å². The van der Waals surface area contributed by atoms with Crippen molar-refractivity contribution in [2.24, 2.45) is 0 Å². The van der Waals surface area contributed by atoms with Crippen molar-refractivity contribution in [2.75, 3.05) is 51.8 Å². The molecule has 0 saturated heterocycles. The lowest BCUT2D eigenvalue weighted by Crippen LogP contribution is -2.38. The van der Waals surface area contributed by atoms with Gasteiger partial charge in [0, 0.05) is 38.3 Å². The Hall–Kier alpha value is -2.24. The van der Waals surface area contributed by atoms with Crippen molar-refractivity contribution in [3.8, 4) is 5.75 Å². The zero-order valence-electron chi connectivity index (χ0n) is 22.1. The molecule has 0 aliphatic heterocycles. The number of benzene rings is 2. The summed E-state index contributed by atoms with van der Waals surface area (Å²) in [5.74, 6) is 0.498. The third-order valence-electron chi connectivity index (χ3n) is 6.23. The van der Waals surface area contributed by atoms with E-state index in [-0.39, 0.29) is 23.2 Å². The highest BCUT2D eigenvalue weighted by atomic mass is 35.5. The van der Waals surface area contributed by atoms with Crippen molar-refractivity contribution in [3.63, 3.8) is 0 Å². The summed E-state index contributed by atoms with van der Waals surface area (Å²) in [6.07, 6.45) is 1.71. The maximum Gasteiger partial charge on any atom is 0.260 e. The fraction of sp³-hybridized carbons (Fsp3) is 0.462. The number of unbranched alkanes of at least 4 members (excludes halogenated alkanes) is 1. The number of nitrogens with zero attached hydrogens (tertiary/aromatic N) is 4. The summed E-state index contributed by atoms with van der Waals surface area (Å²) in [4.78, 5) is 22.5. The van der Waals surface area contributed by atoms with Crippen LogP contribution in [0.15, 0.2) is 47.4 Å². The van der Waals surface area contributed by atoms with E-state index in [0.717, 1.165) is 36.1 Å². The Morgan fingerprint density at radius 2 is 1.68 bits per heavy atom. The molecule has 0 unspecified atom stereocenters. The van der Waals surface area contributed by atoms with E-state index in [9.17, 15) is 13.2 Å². The molecule has 8 nitrogen and oxygen atoms in total. The molecule has 1 amide bonds. The number of methoxy groups -OCH3 is 1. The normalized spacial score (nSPS) is 11.6. The van der Waals surface area contributed by atoms with Crippen LogP contribution >= 0.6 is 23.7 Å². The molecule has 0 fully saturated rings. The minimum absolute atomic E-state index is 0. The van der Waals surface area contributed by atoms with Gasteiger partial charge in [0.15, 0.2) is 5.13 Å². The molecule has 0 radical (unpaired) electrons. The molecule has 3 aromatic rings. The predicted molar refractivity (Wildman–Crippen MR) is 154 cm³/mol. The smallest absolute Gasteiger partial charge is 0.260 e. The van der Waals surface area contributed by atoms with Gasteiger partial charge in [-0.1, -0.05) is 38.5 Å². The number of rotatable bonds is 13. The number of likely N-dealkylation sites (N-methyl/N-ethyl adjacent to an activating group) is 1. The number of ether oxygens (including phenoxy) is 1. The van der Waals surface area contributed by atoms with Crippen LogP contribution in [0.5, 0.6) is 5.75 Å². The topological polar surface area (TPSA) is 83.1 Å². The van der Waals surface area contributed by atoms with Crippen LogP contribution in [0.1, 0.15) is 44.0 Å². The van der Waals surface area contributed by atoms with Gasteiger partial charge in [-0.25, -0.2) is 17.7 Å². The Morgan fingerprint density at radius 1 is 1.00 bits per heavy atom. The van der Waals surface area contributed by atoms with Crippen molar-refractivity contribution in [3.05, 3.63) is 48.0 Å². The molecule has 0 aliphatic carbocycles. The summed E-state index contributed by atoms with van der Waals surface area (Å²) in [7, 11) is -0.403. The van der Waals surface area contributed by atoms with Gasteiger partial charge < -0.3 is 9.64 Å². The zero-order chi connectivity index (χ0) is 26.3. The molecule has 0 saturated carbocycles. The average molecular weight is 569 g/mol. The number of sulfonamides is 1. The van der Waals surface area contributed by atoms with Crippen LogP contribution in [0.4, 0.5) is 5.13 Å². The molecule has 37 heavy (non-hydrogen) atoms. The number of hydrogen-bond donors (Lipinski definition) is 0. The highest BCUT2D eigenvalue weighted by molar-refractivity contribution is 7.89. The summed E-state index contributed by atoms with van der Waals surface area (Å²) in [6, 6.07) is 11.9. The SMILES string of the molecule is CCCCN(C)S(=O)(=O)c1ccc(C(=O)N(CCN(CC)CC)c2nc3cc(OC)ccc3s2)cc1.Cl. The minimum atomic E-state index is -3.60. The van der Waals surface area contributed by atoms with Gasteiger partial charge in [-0.05, 0) is 55.9 Å². The number of fused-ring (bicyclic) bond motifs is 1. The standard InChI is InChI=1S/C26H36N4O4S2.ClH/c1-6-9-16-28(4)36(32,33)22-13-10-20(11-14-22)25(31)30(18-17-29(7-2)8-3)26-27-23-19-21(34-5)12-15-24(23)35-26;/h10-15,19H,6-9,16-18H2,1-5H3;1H. The highest BCUT2D eigenvalue weighted by Crippen LogP contribution is 2.32. The molecule has 1 heterocycles. The van der Waals surface area contributed by atoms with Gasteiger partial charge in [0.05, 0.1) is 22.2 Å². The van der Waals surface area contributed by atoms with E-state index < -0.39 is 10.0 Å². The molecule has 0 N–H and O–H groups in total. The third-order valence-corrected chi connectivity index (χ3v) is 9.16. The first-order valence-corrected chi connectivity index (χ1v) is 14.6. The number of hydrogen-bond acceptors (Lipinski definition) is 7. The van der Waals surface area contributed by atoms with Gasteiger partial charge in [-0.2, -0.15) is 0 Å². The largest absolute Gasteiger partial charge is 0.497 e. The molecular formula is C26H37ClN4O4S2. The van der Waals surface area contributed by atoms with Crippen molar-refractivity contribution in [1.82, 2.24) is 14.2 Å². The maximum absolute atomic E-state index is 13.7. The lowest BCUT2D eigenvalue weighted by atomic mass is 10.2. The minimum Gasteiger partial charge on any atom is -0.497 e. The Kier molecular flexibility index (Phi) is 11.8. The van der Waals surface area contributed by atoms with E-state index in [1.54, 1.807) is 31.2 Å². The number of halogens is 1. The zero-order valence-corrected chi connectivity index (χ0v) is 24.6. The second-order valence-electron chi connectivity index (χ2n) is 8.52. The second-order valence-corrected chi connectivity index (χ2v) is 11.6. The number of carbonyl (C=O) groups excluding carboxylic acids is 1. The molecule has 11 heteroatoms. The van der Waals surface area contributed by atoms with Crippen molar-refractivity contribution in [2.45, 2.75) is 38.5 Å². The van der Waals surface area contributed by atoms with Gasteiger partial charge in [0.1, 0.15) is 5.75 Å². The number of carbonyl (C=O) groups is 1. The summed E-state index contributed by atoms with van der Waals surface area (Å²) in [5.41, 5.74) is 1.19. The molecule has 0 spiro atoms. The van der Waals surface area contributed by atoms with Crippen LogP contribution in [0.2, 0.25) is 0 Å². The predicted octanol–water partition coefficient (Wildman–Crippen LogP) is 5.14. The van der Waals surface area contributed by atoms with Gasteiger partial charge in [-0.3, -0.25) is 9.69 Å². The number of thiazole rings is 1. The van der Waals surface area contributed by atoms with E-state index in [0.29, 0.717) is 36.1 Å². The number of aromatic nitrogens is 1. The monoisotopic (exact) mass is 568 g/mol. The third kappa shape index (κ3) is 7.42. The van der Waals surface area contributed by atoms with Gasteiger partial charge in [0.2, 0.25) is 10.0 Å². The van der Waals surface area contributed by atoms with E-state index in [1.807, 2.05) is 25.1 Å². The molecule has 1 aromatic heterocycles. The van der Waals surface area contributed by atoms with E-state index in [2.05, 4.69) is 18.7 Å². The van der Waals surface area contributed by atoms with Crippen LogP contribution in [0, 0.1) is 0 Å². The summed E-state index contributed by atoms with van der Waals surface area (Å²) >= 11 is 1.45. The van der Waals surface area contributed by atoms with Crippen LogP contribution < -0.4 is 9.64 Å². The molecular weight excluding hydrogens is 532 g/mol. The lowest BCUT2D eigenvalue weighted by Gasteiger charge is -2.25. The van der Waals surface area contributed by atoms with Crippen molar-refractivity contribution < 1.29 is 17.9 Å². The Balaban J connectivity index is 0.00000481. The van der Waals surface area contributed by atoms with Gasteiger partial charge >= 0.3 is 0 Å². The molecule has 3 rings (SSSR count). The maximum atomic E-state index is 13.7. The first kappa shape index (κ1) is 31.0. The van der Waals surface area contributed by atoms with Gasteiger partial charge in [-0.15, -0.1) is 12.4 Å². The average Bonchev–Trinajstić information content (AvgIpc) is 3.32. The van der Waals surface area contributed by atoms with Crippen LogP contribution in [-0.4, -0.2) is 75.4 Å². The molecule has 204 valence electrons. The highest BCUT2D eigenvalue weighted by Gasteiger charge is 2.24. The van der Waals surface area contributed by atoms with Crippen molar-refractivity contribution >= 4 is 55.0 Å². The quantitative estimate of drug-likeness (QED) is 0.284. The molecule has 0 aliphatic rings. The summed E-state index contributed by atoms with van der Waals surface area (Å²) < 4.78 is 33.4. The fourth-order valence-corrected chi connectivity index (χ4v) is 5.99.